The summed E-state index contributed by atoms with van der Waals surface area (Å²) >= 11 is 0. The maximum absolute atomic E-state index is 13.5. The van der Waals surface area contributed by atoms with Crippen LogP contribution in [0.2, 0.25) is 0 Å². The van der Waals surface area contributed by atoms with Crippen LogP contribution in [-0.2, 0) is 9.59 Å². The Bertz CT molecular complexity index is 1260. The zero-order valence-corrected chi connectivity index (χ0v) is 18.0. The molecule has 3 N–H and O–H groups in total. The van der Waals surface area contributed by atoms with Gasteiger partial charge in [0.25, 0.3) is 5.91 Å². The van der Waals surface area contributed by atoms with E-state index in [-0.39, 0.29) is 23.4 Å². The molecule has 2 atom stereocenters. The molecule has 7 heteroatoms. The standard InChI is InChI=1S/C26H23N3O4/c1-15-23(26(32)29-22-6-2-3-11-27-22)24(16-7-9-18(30)10-8-16)25-19(28-15)13-17(14-20(25)31)21-5-4-12-33-21/h2-12,17,24,28,30H,13-14H2,1H3,(H,27,29,32)/t17-,24+/m1/s1. The molecule has 0 radical (unpaired) electrons. The number of carbonyl (C=O) groups is 2. The van der Waals surface area contributed by atoms with E-state index in [1.165, 1.54) is 0 Å². The number of nitrogens with zero attached hydrogens (tertiary/aromatic N) is 1. The minimum Gasteiger partial charge on any atom is -0.508 e. The van der Waals surface area contributed by atoms with Crippen LogP contribution in [0.1, 0.15) is 42.9 Å². The maximum atomic E-state index is 13.5. The highest BCUT2D eigenvalue weighted by Crippen LogP contribution is 2.45. The van der Waals surface area contributed by atoms with Crippen molar-refractivity contribution in [1.29, 1.82) is 0 Å². The first kappa shape index (κ1) is 20.8. The number of phenolic OH excluding ortho intramolecular Hbond substituents is 1. The number of allylic oxidation sites excluding steroid dienone is 3. The molecule has 1 amide bonds. The number of pyridine rings is 1. The molecule has 1 aliphatic carbocycles. The summed E-state index contributed by atoms with van der Waals surface area (Å²) in [6.07, 6.45) is 4.13. The SMILES string of the molecule is CC1=C(C(=O)Nc2ccccn2)[C@H](c2ccc(O)cc2)C2=C(C[C@@H](c3ccco3)CC2=O)N1. The quantitative estimate of drug-likeness (QED) is 0.555. The largest absolute Gasteiger partial charge is 0.508 e. The number of anilines is 1. The molecule has 3 aromatic rings. The predicted molar refractivity (Wildman–Crippen MR) is 122 cm³/mol. The van der Waals surface area contributed by atoms with Crippen molar-refractivity contribution >= 4 is 17.5 Å². The van der Waals surface area contributed by atoms with Gasteiger partial charge in [-0.1, -0.05) is 18.2 Å². The zero-order valence-electron chi connectivity index (χ0n) is 18.0. The van der Waals surface area contributed by atoms with Crippen LogP contribution in [0.15, 0.2) is 94.0 Å². The third-order valence-corrected chi connectivity index (χ3v) is 6.15. The summed E-state index contributed by atoms with van der Waals surface area (Å²) < 4.78 is 5.56. The number of benzene rings is 1. The lowest BCUT2D eigenvalue weighted by Crippen LogP contribution is -2.37. The Balaban J connectivity index is 1.57. The number of Topliss-reactive ketones (excluding diaryl/α,β-unsaturated/α-hetero) is 1. The molecule has 5 rings (SSSR count). The van der Waals surface area contributed by atoms with Gasteiger partial charge in [-0.3, -0.25) is 9.59 Å². The van der Waals surface area contributed by atoms with E-state index in [1.807, 2.05) is 19.1 Å². The Morgan fingerprint density at radius 1 is 1.12 bits per heavy atom. The average Bonchev–Trinajstić information content (AvgIpc) is 3.34. The van der Waals surface area contributed by atoms with Crippen LogP contribution in [0.25, 0.3) is 0 Å². The van der Waals surface area contributed by atoms with E-state index in [4.69, 9.17) is 4.42 Å². The number of amides is 1. The molecule has 2 aliphatic rings. The van der Waals surface area contributed by atoms with E-state index in [1.54, 1.807) is 54.9 Å². The smallest absolute Gasteiger partial charge is 0.255 e. The molecule has 7 nitrogen and oxygen atoms in total. The van der Waals surface area contributed by atoms with Gasteiger partial charge < -0.3 is 20.2 Å². The topological polar surface area (TPSA) is 104 Å². The van der Waals surface area contributed by atoms with Crippen molar-refractivity contribution in [2.24, 2.45) is 0 Å². The second kappa shape index (κ2) is 8.43. The number of nitrogens with one attached hydrogen (secondary N) is 2. The number of dihydropyridines is 1. The number of aromatic nitrogens is 1. The lowest BCUT2D eigenvalue weighted by Gasteiger charge is -2.36. The van der Waals surface area contributed by atoms with Crippen LogP contribution < -0.4 is 10.6 Å². The molecule has 0 fully saturated rings. The van der Waals surface area contributed by atoms with Crippen molar-refractivity contribution in [2.75, 3.05) is 5.32 Å². The van der Waals surface area contributed by atoms with E-state index >= 15 is 0 Å². The number of hydrogen-bond donors (Lipinski definition) is 3. The molecule has 0 unspecified atom stereocenters. The third kappa shape index (κ3) is 3.93. The molecular formula is C26H23N3O4. The number of hydrogen-bond acceptors (Lipinski definition) is 6. The Hall–Kier alpha value is -4.13. The second-order valence-corrected chi connectivity index (χ2v) is 8.29. The summed E-state index contributed by atoms with van der Waals surface area (Å²) in [6.45, 7) is 1.84. The molecule has 0 spiro atoms. The summed E-state index contributed by atoms with van der Waals surface area (Å²) in [5.41, 5.74) is 3.28. The molecule has 2 aromatic heterocycles. The predicted octanol–water partition coefficient (Wildman–Crippen LogP) is 4.38. The summed E-state index contributed by atoms with van der Waals surface area (Å²) in [6, 6.07) is 15.6. The molecule has 3 heterocycles. The first-order chi connectivity index (χ1) is 16.0. The van der Waals surface area contributed by atoms with E-state index < -0.39 is 5.92 Å². The van der Waals surface area contributed by atoms with Gasteiger partial charge in [0.15, 0.2) is 5.78 Å². The van der Waals surface area contributed by atoms with Gasteiger partial charge >= 0.3 is 0 Å². The van der Waals surface area contributed by atoms with Crippen molar-refractivity contribution < 1.29 is 19.1 Å². The fourth-order valence-corrected chi connectivity index (χ4v) is 4.69. The van der Waals surface area contributed by atoms with Crippen LogP contribution in [0, 0.1) is 0 Å². The first-order valence-electron chi connectivity index (χ1n) is 10.8. The lowest BCUT2D eigenvalue weighted by atomic mass is 9.72. The van der Waals surface area contributed by atoms with Gasteiger partial charge in [0, 0.05) is 47.0 Å². The summed E-state index contributed by atoms with van der Waals surface area (Å²) in [4.78, 5) is 31.1. The van der Waals surface area contributed by atoms with Crippen LogP contribution in [0.4, 0.5) is 5.82 Å². The number of rotatable bonds is 4. The maximum Gasteiger partial charge on any atom is 0.255 e. The molecule has 0 saturated heterocycles. The summed E-state index contributed by atoms with van der Waals surface area (Å²) in [5.74, 6) is 0.350. The third-order valence-electron chi connectivity index (χ3n) is 6.15. The van der Waals surface area contributed by atoms with Gasteiger partial charge in [0.2, 0.25) is 0 Å². The van der Waals surface area contributed by atoms with E-state index in [0.717, 1.165) is 17.0 Å². The molecule has 0 bridgehead atoms. The number of aromatic hydroxyl groups is 1. The average molecular weight is 441 g/mol. The van der Waals surface area contributed by atoms with Crippen molar-refractivity contribution in [3.05, 3.63) is 101 Å². The molecular weight excluding hydrogens is 418 g/mol. The number of carbonyl (C=O) groups excluding carboxylic acids is 2. The van der Waals surface area contributed by atoms with Gasteiger partial charge in [-0.15, -0.1) is 0 Å². The minimum absolute atomic E-state index is 0.0288. The Labute approximate surface area is 190 Å². The first-order valence-corrected chi connectivity index (χ1v) is 10.8. The van der Waals surface area contributed by atoms with E-state index in [9.17, 15) is 14.7 Å². The highest BCUT2D eigenvalue weighted by molar-refractivity contribution is 6.09. The monoisotopic (exact) mass is 441 g/mol. The molecule has 166 valence electrons. The Morgan fingerprint density at radius 2 is 1.94 bits per heavy atom. The minimum atomic E-state index is -0.560. The van der Waals surface area contributed by atoms with Gasteiger partial charge in [-0.25, -0.2) is 4.98 Å². The van der Waals surface area contributed by atoms with Crippen LogP contribution in [0.3, 0.4) is 0 Å². The van der Waals surface area contributed by atoms with Crippen molar-refractivity contribution in [3.63, 3.8) is 0 Å². The highest BCUT2D eigenvalue weighted by atomic mass is 16.3. The van der Waals surface area contributed by atoms with Crippen molar-refractivity contribution in [3.8, 4) is 5.75 Å². The fourth-order valence-electron chi connectivity index (χ4n) is 4.69. The molecule has 0 saturated carbocycles. The number of furan rings is 1. The Morgan fingerprint density at radius 3 is 2.64 bits per heavy atom. The molecule has 1 aliphatic heterocycles. The summed E-state index contributed by atoms with van der Waals surface area (Å²) in [5, 5.41) is 16.0. The Kier molecular flexibility index (Phi) is 5.30. The van der Waals surface area contributed by atoms with Crippen LogP contribution >= 0.6 is 0 Å². The van der Waals surface area contributed by atoms with Crippen LogP contribution in [0.5, 0.6) is 5.75 Å². The van der Waals surface area contributed by atoms with E-state index in [2.05, 4.69) is 15.6 Å². The second-order valence-electron chi connectivity index (χ2n) is 8.29. The van der Waals surface area contributed by atoms with Gasteiger partial charge in [-0.2, -0.15) is 0 Å². The number of ketones is 1. The lowest BCUT2D eigenvalue weighted by molar-refractivity contribution is -0.116. The van der Waals surface area contributed by atoms with Gasteiger partial charge in [0.05, 0.1) is 6.26 Å². The van der Waals surface area contributed by atoms with Crippen molar-refractivity contribution in [1.82, 2.24) is 10.3 Å². The van der Waals surface area contributed by atoms with Crippen molar-refractivity contribution in [2.45, 2.75) is 31.6 Å². The highest BCUT2D eigenvalue weighted by Gasteiger charge is 2.41. The molecule has 1 aromatic carbocycles. The zero-order chi connectivity index (χ0) is 22.9. The normalized spacial score (nSPS) is 20.3. The number of phenols is 1. The summed E-state index contributed by atoms with van der Waals surface area (Å²) in [7, 11) is 0. The van der Waals surface area contributed by atoms with Crippen LogP contribution in [-0.4, -0.2) is 21.8 Å². The van der Waals surface area contributed by atoms with Gasteiger partial charge in [-0.05, 0) is 55.3 Å². The molecule has 33 heavy (non-hydrogen) atoms. The van der Waals surface area contributed by atoms with Gasteiger partial charge in [0.1, 0.15) is 17.3 Å². The fraction of sp³-hybridized carbons (Fsp3) is 0.192. The van der Waals surface area contributed by atoms with E-state index in [0.29, 0.717) is 35.5 Å².